The molecule has 1 aromatic carbocycles. The van der Waals surface area contributed by atoms with Gasteiger partial charge in [-0.15, -0.1) is 0 Å². The Morgan fingerprint density at radius 3 is 2.60 bits per heavy atom. The van der Waals surface area contributed by atoms with Gasteiger partial charge in [0.25, 0.3) is 0 Å². The quantitative estimate of drug-likeness (QED) is 0.783. The van der Waals surface area contributed by atoms with Crippen molar-refractivity contribution in [2.75, 3.05) is 18.8 Å². The van der Waals surface area contributed by atoms with Gasteiger partial charge in [0, 0.05) is 6.54 Å². The molecule has 0 fully saturated rings. The molecule has 0 saturated heterocycles. The number of hydrogen-bond acceptors (Lipinski definition) is 4. The SMILES string of the molecule is CCC(CC)CN(CC)Cc1nc2c(N)cccc2o1. The maximum absolute atomic E-state index is 5.92. The molecule has 0 unspecified atom stereocenters. The predicted octanol–water partition coefficient (Wildman–Crippen LogP) is 3.67. The molecule has 0 amide bonds. The number of anilines is 1. The van der Waals surface area contributed by atoms with Crippen LogP contribution in [-0.2, 0) is 6.54 Å². The summed E-state index contributed by atoms with van der Waals surface area (Å²) in [5, 5.41) is 0. The molecule has 0 aliphatic heterocycles. The third kappa shape index (κ3) is 3.31. The van der Waals surface area contributed by atoms with Crippen LogP contribution in [0.5, 0.6) is 0 Å². The maximum atomic E-state index is 5.92. The Bertz CT molecular complexity index is 546. The fourth-order valence-corrected chi connectivity index (χ4v) is 2.49. The Hall–Kier alpha value is -1.55. The van der Waals surface area contributed by atoms with Crippen LogP contribution in [0.2, 0.25) is 0 Å². The lowest BCUT2D eigenvalue weighted by Crippen LogP contribution is -2.28. The van der Waals surface area contributed by atoms with Crippen molar-refractivity contribution in [2.24, 2.45) is 5.92 Å². The van der Waals surface area contributed by atoms with Crippen LogP contribution in [0.3, 0.4) is 0 Å². The van der Waals surface area contributed by atoms with Gasteiger partial charge in [-0.2, -0.15) is 0 Å². The van der Waals surface area contributed by atoms with Crippen molar-refractivity contribution in [2.45, 2.75) is 40.2 Å². The highest BCUT2D eigenvalue weighted by Crippen LogP contribution is 2.22. The van der Waals surface area contributed by atoms with Crippen LogP contribution in [0.25, 0.3) is 11.1 Å². The monoisotopic (exact) mass is 275 g/mol. The first-order valence-electron chi connectivity index (χ1n) is 7.54. The Labute approximate surface area is 121 Å². The van der Waals surface area contributed by atoms with Gasteiger partial charge in [-0.05, 0) is 24.6 Å². The topological polar surface area (TPSA) is 55.3 Å². The van der Waals surface area contributed by atoms with E-state index in [1.54, 1.807) is 0 Å². The molecule has 2 rings (SSSR count). The Morgan fingerprint density at radius 1 is 1.25 bits per heavy atom. The zero-order valence-corrected chi connectivity index (χ0v) is 12.7. The standard InChI is InChI=1S/C16H25N3O/c1-4-12(5-2)10-19(6-3)11-15-18-16-13(17)8-7-9-14(16)20-15/h7-9,12H,4-6,10-11,17H2,1-3H3. The van der Waals surface area contributed by atoms with Crippen molar-refractivity contribution < 1.29 is 4.42 Å². The minimum absolute atomic E-state index is 0.681. The van der Waals surface area contributed by atoms with Crippen LogP contribution in [0.1, 0.15) is 39.5 Å². The fourth-order valence-electron chi connectivity index (χ4n) is 2.49. The van der Waals surface area contributed by atoms with Gasteiger partial charge in [-0.1, -0.05) is 39.7 Å². The minimum Gasteiger partial charge on any atom is -0.439 e. The number of nitrogens with two attached hydrogens (primary N) is 1. The van der Waals surface area contributed by atoms with Gasteiger partial charge in [0.1, 0.15) is 5.52 Å². The van der Waals surface area contributed by atoms with E-state index >= 15 is 0 Å². The van der Waals surface area contributed by atoms with E-state index in [0.717, 1.165) is 42.5 Å². The largest absolute Gasteiger partial charge is 0.439 e. The molecule has 1 aromatic heterocycles. The number of fused-ring (bicyclic) bond motifs is 1. The van der Waals surface area contributed by atoms with Crippen molar-refractivity contribution >= 4 is 16.8 Å². The van der Waals surface area contributed by atoms with E-state index in [9.17, 15) is 0 Å². The molecule has 0 saturated carbocycles. The molecule has 4 nitrogen and oxygen atoms in total. The molecule has 1 heterocycles. The second-order valence-corrected chi connectivity index (χ2v) is 5.31. The fraction of sp³-hybridized carbons (Fsp3) is 0.562. The van der Waals surface area contributed by atoms with Crippen molar-refractivity contribution in [3.63, 3.8) is 0 Å². The lowest BCUT2D eigenvalue weighted by atomic mass is 10.0. The van der Waals surface area contributed by atoms with Gasteiger partial charge in [0.05, 0.1) is 12.2 Å². The number of hydrogen-bond donors (Lipinski definition) is 1. The number of aromatic nitrogens is 1. The predicted molar refractivity (Wildman–Crippen MR) is 83.4 cm³/mol. The summed E-state index contributed by atoms with van der Waals surface area (Å²) in [6.07, 6.45) is 2.43. The lowest BCUT2D eigenvalue weighted by Gasteiger charge is -2.23. The molecule has 0 aliphatic carbocycles. The highest BCUT2D eigenvalue weighted by Gasteiger charge is 2.14. The molecule has 0 spiro atoms. The van der Waals surface area contributed by atoms with Crippen LogP contribution in [0.4, 0.5) is 5.69 Å². The zero-order chi connectivity index (χ0) is 14.5. The molecule has 20 heavy (non-hydrogen) atoms. The number of nitrogens with zero attached hydrogens (tertiary/aromatic N) is 2. The summed E-state index contributed by atoms with van der Waals surface area (Å²) in [4.78, 5) is 6.91. The van der Waals surface area contributed by atoms with Gasteiger partial charge in [-0.25, -0.2) is 4.98 Å². The van der Waals surface area contributed by atoms with Gasteiger partial charge in [-0.3, -0.25) is 4.90 Å². The van der Waals surface area contributed by atoms with Gasteiger partial charge in [0.15, 0.2) is 5.58 Å². The first-order valence-corrected chi connectivity index (χ1v) is 7.54. The average Bonchev–Trinajstić information content (AvgIpc) is 2.87. The van der Waals surface area contributed by atoms with Gasteiger partial charge < -0.3 is 10.2 Å². The second kappa shape index (κ2) is 6.75. The van der Waals surface area contributed by atoms with Crippen LogP contribution in [-0.4, -0.2) is 23.0 Å². The normalized spacial score (nSPS) is 11.8. The van der Waals surface area contributed by atoms with Gasteiger partial charge >= 0.3 is 0 Å². The van der Waals surface area contributed by atoms with E-state index in [1.165, 1.54) is 12.8 Å². The summed E-state index contributed by atoms with van der Waals surface area (Å²) in [6, 6.07) is 5.67. The lowest BCUT2D eigenvalue weighted by molar-refractivity contribution is 0.209. The molecule has 2 N–H and O–H groups in total. The summed E-state index contributed by atoms with van der Waals surface area (Å²) < 4.78 is 5.80. The molecular weight excluding hydrogens is 250 g/mol. The molecular formula is C16H25N3O. The molecule has 0 aliphatic rings. The van der Waals surface area contributed by atoms with E-state index in [1.807, 2.05) is 18.2 Å². The van der Waals surface area contributed by atoms with E-state index < -0.39 is 0 Å². The zero-order valence-electron chi connectivity index (χ0n) is 12.7. The summed E-state index contributed by atoms with van der Waals surface area (Å²) in [5.41, 5.74) is 8.16. The molecule has 0 bridgehead atoms. The van der Waals surface area contributed by atoms with E-state index in [0.29, 0.717) is 5.69 Å². The molecule has 0 atom stereocenters. The number of para-hydroxylation sites is 1. The summed E-state index contributed by atoms with van der Waals surface area (Å²) in [6.45, 7) is 9.53. The smallest absolute Gasteiger partial charge is 0.209 e. The number of oxazole rings is 1. The first-order chi connectivity index (χ1) is 9.67. The summed E-state index contributed by atoms with van der Waals surface area (Å²) in [7, 11) is 0. The Balaban J connectivity index is 2.11. The average molecular weight is 275 g/mol. The second-order valence-electron chi connectivity index (χ2n) is 5.31. The van der Waals surface area contributed by atoms with Crippen LogP contribution in [0, 0.1) is 5.92 Å². The highest BCUT2D eigenvalue weighted by molar-refractivity contribution is 5.85. The third-order valence-corrected chi connectivity index (χ3v) is 3.97. The maximum Gasteiger partial charge on any atom is 0.209 e. The summed E-state index contributed by atoms with van der Waals surface area (Å²) >= 11 is 0. The Morgan fingerprint density at radius 2 is 2.00 bits per heavy atom. The Kier molecular flexibility index (Phi) is 5.01. The van der Waals surface area contributed by atoms with Crippen molar-refractivity contribution in [3.8, 4) is 0 Å². The van der Waals surface area contributed by atoms with Crippen molar-refractivity contribution in [1.29, 1.82) is 0 Å². The van der Waals surface area contributed by atoms with Crippen LogP contribution >= 0.6 is 0 Å². The van der Waals surface area contributed by atoms with Crippen molar-refractivity contribution in [1.82, 2.24) is 9.88 Å². The first kappa shape index (κ1) is 14.9. The highest BCUT2D eigenvalue weighted by atomic mass is 16.3. The number of nitrogen functional groups attached to an aromatic ring is 1. The summed E-state index contributed by atoms with van der Waals surface area (Å²) in [5.74, 6) is 1.50. The van der Waals surface area contributed by atoms with Crippen LogP contribution < -0.4 is 5.73 Å². The van der Waals surface area contributed by atoms with Crippen LogP contribution in [0.15, 0.2) is 22.6 Å². The molecule has 2 aromatic rings. The van der Waals surface area contributed by atoms with Gasteiger partial charge in [0.2, 0.25) is 5.89 Å². The number of rotatable bonds is 7. The number of benzene rings is 1. The minimum atomic E-state index is 0.681. The molecule has 110 valence electrons. The van der Waals surface area contributed by atoms with Crippen molar-refractivity contribution in [3.05, 3.63) is 24.1 Å². The van der Waals surface area contributed by atoms with E-state index in [-0.39, 0.29) is 0 Å². The molecule has 4 heteroatoms. The third-order valence-electron chi connectivity index (χ3n) is 3.97. The van der Waals surface area contributed by atoms with E-state index in [4.69, 9.17) is 10.2 Å². The van der Waals surface area contributed by atoms with E-state index in [2.05, 4.69) is 30.7 Å². The molecule has 0 radical (unpaired) electrons.